The molecular weight excluding hydrogens is 182 g/mol. The normalized spacial score (nSPS) is 25.1. The Kier molecular flexibility index (Phi) is 2.88. The van der Waals surface area contributed by atoms with E-state index in [1.54, 1.807) is 6.92 Å². The quantitative estimate of drug-likeness (QED) is 0.614. The number of carbonyl (C=O) groups excluding carboxylic acids is 1. The van der Waals surface area contributed by atoms with Gasteiger partial charge in [-0.3, -0.25) is 4.79 Å². The lowest BCUT2D eigenvalue weighted by atomic mass is 9.67. The molecular formula is C7H12BF3NO-. The van der Waals surface area contributed by atoms with Gasteiger partial charge in [0.05, 0.1) is 0 Å². The number of halogens is 3. The number of piperidine rings is 1. The van der Waals surface area contributed by atoms with Crippen molar-refractivity contribution in [2.24, 2.45) is 0 Å². The number of hydrogen-bond donors (Lipinski definition) is 0. The van der Waals surface area contributed by atoms with E-state index in [0.29, 0.717) is 6.54 Å². The lowest BCUT2D eigenvalue weighted by molar-refractivity contribution is -0.133. The first-order chi connectivity index (χ1) is 5.95. The summed E-state index contributed by atoms with van der Waals surface area (Å²) in [5, 5.41) is 0. The van der Waals surface area contributed by atoms with Crippen LogP contribution in [0.15, 0.2) is 0 Å². The van der Waals surface area contributed by atoms with Crippen LogP contribution in [0.5, 0.6) is 0 Å². The molecule has 0 aliphatic carbocycles. The standard InChI is InChI=1S/C7H12BF3NO/c1-2-12-4-3-6(5-7(12)13)8(9,10)11/h6H,2-5H2,1H3/q-1. The van der Waals surface area contributed by atoms with Crippen LogP contribution in [0.25, 0.3) is 0 Å². The van der Waals surface area contributed by atoms with Crippen molar-refractivity contribution in [2.75, 3.05) is 13.1 Å². The summed E-state index contributed by atoms with van der Waals surface area (Å²) in [6.45, 7) is -2.30. The van der Waals surface area contributed by atoms with Crippen LogP contribution in [0.3, 0.4) is 0 Å². The van der Waals surface area contributed by atoms with Gasteiger partial charge in [0.15, 0.2) is 0 Å². The number of likely N-dealkylation sites (tertiary alicyclic amines) is 1. The lowest BCUT2D eigenvalue weighted by Gasteiger charge is -2.35. The summed E-state index contributed by atoms with van der Waals surface area (Å²) in [4.78, 5) is 12.6. The molecule has 1 atom stereocenters. The minimum absolute atomic E-state index is 0.0725. The molecule has 0 N–H and O–H groups in total. The topological polar surface area (TPSA) is 20.3 Å². The van der Waals surface area contributed by atoms with E-state index in [4.69, 9.17) is 0 Å². The smallest absolute Gasteiger partial charge is 0.449 e. The Morgan fingerprint density at radius 1 is 1.54 bits per heavy atom. The Labute approximate surface area is 75.1 Å². The van der Waals surface area contributed by atoms with Crippen LogP contribution in [-0.2, 0) is 4.79 Å². The summed E-state index contributed by atoms with van der Waals surface area (Å²) in [6.07, 6.45) is -0.277. The zero-order chi connectivity index (χ0) is 10.1. The van der Waals surface area contributed by atoms with Crippen LogP contribution in [0.1, 0.15) is 19.8 Å². The van der Waals surface area contributed by atoms with E-state index < -0.39 is 12.8 Å². The third-order valence-corrected chi connectivity index (χ3v) is 2.48. The van der Waals surface area contributed by atoms with Crippen LogP contribution in [-0.4, -0.2) is 30.9 Å². The maximum absolute atomic E-state index is 12.2. The second kappa shape index (κ2) is 3.60. The summed E-state index contributed by atoms with van der Waals surface area (Å²) in [7, 11) is 0. The molecule has 1 aliphatic rings. The maximum atomic E-state index is 12.2. The second-order valence-corrected chi connectivity index (χ2v) is 3.35. The molecule has 1 saturated heterocycles. The number of nitrogens with zero attached hydrogens (tertiary/aromatic N) is 1. The van der Waals surface area contributed by atoms with Gasteiger partial charge in [0.2, 0.25) is 5.91 Å². The largest absolute Gasteiger partial charge is 0.481 e. The van der Waals surface area contributed by atoms with E-state index in [1.165, 1.54) is 4.90 Å². The number of amides is 1. The molecule has 0 bridgehead atoms. The summed E-state index contributed by atoms with van der Waals surface area (Å²) in [5.74, 6) is -1.73. The van der Waals surface area contributed by atoms with Crippen LogP contribution < -0.4 is 0 Å². The molecule has 0 spiro atoms. The fraction of sp³-hybridized carbons (Fsp3) is 0.857. The predicted octanol–water partition coefficient (Wildman–Crippen LogP) is 1.85. The molecule has 1 unspecified atom stereocenters. The van der Waals surface area contributed by atoms with E-state index in [0.717, 1.165) is 0 Å². The first-order valence-electron chi connectivity index (χ1n) is 4.43. The molecule has 76 valence electrons. The van der Waals surface area contributed by atoms with Gasteiger partial charge in [-0.15, -0.1) is 0 Å². The summed E-state index contributed by atoms with van der Waals surface area (Å²) >= 11 is 0. The molecule has 1 fully saturated rings. The van der Waals surface area contributed by atoms with Crippen molar-refractivity contribution < 1.29 is 17.7 Å². The minimum Gasteiger partial charge on any atom is -0.449 e. The molecule has 6 heteroatoms. The number of rotatable bonds is 2. The van der Waals surface area contributed by atoms with E-state index in [1.807, 2.05) is 0 Å². The highest BCUT2D eigenvalue weighted by Crippen LogP contribution is 2.35. The van der Waals surface area contributed by atoms with Gasteiger partial charge >= 0.3 is 6.98 Å². The van der Waals surface area contributed by atoms with Crippen LogP contribution in [0.4, 0.5) is 12.9 Å². The van der Waals surface area contributed by atoms with Gasteiger partial charge in [-0.05, 0) is 6.92 Å². The van der Waals surface area contributed by atoms with Gasteiger partial charge in [0.1, 0.15) is 0 Å². The Hall–Kier alpha value is -0.675. The molecule has 13 heavy (non-hydrogen) atoms. The van der Waals surface area contributed by atoms with E-state index in [9.17, 15) is 17.7 Å². The lowest BCUT2D eigenvalue weighted by Crippen LogP contribution is -2.41. The van der Waals surface area contributed by atoms with Gasteiger partial charge in [-0.1, -0.05) is 12.2 Å². The van der Waals surface area contributed by atoms with Crippen molar-refractivity contribution >= 4 is 12.9 Å². The molecule has 1 aliphatic heterocycles. The highest BCUT2D eigenvalue weighted by Gasteiger charge is 2.39. The number of carbonyl (C=O) groups is 1. The Balaban J connectivity index is 2.56. The molecule has 0 radical (unpaired) electrons. The fourth-order valence-electron chi connectivity index (χ4n) is 1.56. The van der Waals surface area contributed by atoms with Crippen molar-refractivity contribution in [3.63, 3.8) is 0 Å². The van der Waals surface area contributed by atoms with E-state index in [-0.39, 0.29) is 25.3 Å². The third kappa shape index (κ3) is 2.38. The first kappa shape index (κ1) is 10.4. The van der Waals surface area contributed by atoms with Crippen molar-refractivity contribution in [1.82, 2.24) is 4.90 Å². The van der Waals surface area contributed by atoms with Gasteiger partial charge in [0.25, 0.3) is 0 Å². The molecule has 0 aromatic heterocycles. The highest BCUT2D eigenvalue weighted by atomic mass is 19.4. The zero-order valence-electron chi connectivity index (χ0n) is 7.47. The summed E-state index contributed by atoms with van der Waals surface area (Å²) < 4.78 is 36.7. The molecule has 0 saturated carbocycles. The van der Waals surface area contributed by atoms with Gasteiger partial charge < -0.3 is 17.8 Å². The van der Waals surface area contributed by atoms with Gasteiger partial charge in [-0.2, -0.15) is 0 Å². The maximum Gasteiger partial charge on any atom is 0.481 e. The molecule has 1 amide bonds. The summed E-state index contributed by atoms with van der Waals surface area (Å²) in [5.41, 5.74) is 0. The third-order valence-electron chi connectivity index (χ3n) is 2.48. The molecule has 1 heterocycles. The van der Waals surface area contributed by atoms with Crippen molar-refractivity contribution in [2.45, 2.75) is 25.6 Å². The Morgan fingerprint density at radius 3 is 2.54 bits per heavy atom. The predicted molar refractivity (Wildman–Crippen MR) is 44.3 cm³/mol. The van der Waals surface area contributed by atoms with Crippen LogP contribution in [0, 0.1) is 0 Å². The second-order valence-electron chi connectivity index (χ2n) is 3.35. The van der Waals surface area contributed by atoms with Crippen molar-refractivity contribution in [3.05, 3.63) is 0 Å². The molecule has 0 aromatic rings. The van der Waals surface area contributed by atoms with Crippen molar-refractivity contribution in [1.29, 1.82) is 0 Å². The van der Waals surface area contributed by atoms with Gasteiger partial charge in [0, 0.05) is 19.5 Å². The van der Waals surface area contributed by atoms with Crippen LogP contribution >= 0.6 is 0 Å². The van der Waals surface area contributed by atoms with Crippen molar-refractivity contribution in [3.8, 4) is 0 Å². The van der Waals surface area contributed by atoms with Crippen LogP contribution in [0.2, 0.25) is 5.82 Å². The summed E-state index contributed by atoms with van der Waals surface area (Å²) in [6, 6.07) is 0. The van der Waals surface area contributed by atoms with Gasteiger partial charge in [-0.25, -0.2) is 0 Å². The monoisotopic (exact) mass is 194 g/mol. The minimum atomic E-state index is -4.83. The fourth-order valence-corrected chi connectivity index (χ4v) is 1.56. The molecule has 0 aromatic carbocycles. The van der Waals surface area contributed by atoms with E-state index in [2.05, 4.69) is 0 Å². The zero-order valence-corrected chi connectivity index (χ0v) is 7.47. The Bertz CT molecular complexity index is 206. The number of hydrogen-bond acceptors (Lipinski definition) is 1. The first-order valence-corrected chi connectivity index (χ1v) is 4.43. The molecule has 2 nitrogen and oxygen atoms in total. The Morgan fingerprint density at radius 2 is 2.15 bits per heavy atom. The molecule has 1 rings (SSSR count). The average Bonchev–Trinajstić information content (AvgIpc) is 2.02. The average molecular weight is 194 g/mol. The SMILES string of the molecule is CCN1CCC([B-](F)(F)F)CC1=O. The highest BCUT2D eigenvalue weighted by molar-refractivity contribution is 6.60. The van der Waals surface area contributed by atoms with E-state index >= 15 is 0 Å².